The third kappa shape index (κ3) is 2.76. The van der Waals surface area contributed by atoms with Crippen LogP contribution in [0.5, 0.6) is 0 Å². The van der Waals surface area contributed by atoms with E-state index in [-0.39, 0.29) is 5.56 Å². The van der Waals surface area contributed by atoms with Crippen LogP contribution in [0.1, 0.15) is 0 Å². The van der Waals surface area contributed by atoms with Crippen molar-refractivity contribution in [3.05, 3.63) is 106 Å². The predicted octanol–water partition coefficient (Wildman–Crippen LogP) is 6.26. The summed E-state index contributed by atoms with van der Waals surface area (Å²) in [5, 5.41) is 1.55. The Balaban J connectivity index is 2.10. The average molecular weight is 456 g/mol. The second kappa shape index (κ2) is 7.47. The molecule has 0 spiro atoms. The highest BCUT2D eigenvalue weighted by Crippen LogP contribution is 2.47. The molecule has 4 heteroatoms. The van der Waals surface area contributed by atoms with E-state index in [1.54, 1.807) is 0 Å². The van der Waals surface area contributed by atoms with Crippen LogP contribution in [0.4, 0.5) is 0 Å². The summed E-state index contributed by atoms with van der Waals surface area (Å²) in [4.78, 5) is 19.4. The molecule has 0 unspecified atom stereocenters. The molecule has 1 heterocycles. The Labute approximate surface area is 182 Å². The van der Waals surface area contributed by atoms with Crippen molar-refractivity contribution < 1.29 is 4.84 Å². The first-order valence-electron chi connectivity index (χ1n) is 9.66. The van der Waals surface area contributed by atoms with Crippen molar-refractivity contribution in [1.29, 1.82) is 0 Å². The van der Waals surface area contributed by atoms with Gasteiger partial charge in [0.05, 0.1) is 11.1 Å². The molecule has 0 saturated heterocycles. The zero-order chi connectivity index (χ0) is 20.7. The van der Waals surface area contributed by atoms with Gasteiger partial charge in [0.2, 0.25) is 0 Å². The van der Waals surface area contributed by atoms with Crippen molar-refractivity contribution in [2.45, 2.75) is 0 Å². The zero-order valence-corrected chi connectivity index (χ0v) is 17.9. The molecule has 2 aliphatic carbocycles. The van der Waals surface area contributed by atoms with Gasteiger partial charge in [0.25, 0.3) is 5.56 Å². The van der Waals surface area contributed by atoms with Crippen molar-refractivity contribution in [1.82, 2.24) is 4.73 Å². The fraction of sp³-hybridized carbons (Fsp3) is 0.0385. The molecular formula is C26H18BrNO2. The van der Waals surface area contributed by atoms with E-state index in [9.17, 15) is 4.79 Å². The summed E-state index contributed by atoms with van der Waals surface area (Å²) in [6.45, 7) is 0. The van der Waals surface area contributed by atoms with Crippen LogP contribution in [0.2, 0.25) is 0 Å². The van der Waals surface area contributed by atoms with Crippen LogP contribution in [-0.4, -0.2) is 11.8 Å². The molecule has 0 radical (unpaired) electrons. The quantitative estimate of drug-likeness (QED) is 0.321. The SMILES string of the molecule is COn1c(-c2ccccc2)c(-c2ccccc2)c2c(Br)c3cccccc-3c2c1=O. The maximum Gasteiger partial charge on any atom is 0.292 e. The molecule has 30 heavy (non-hydrogen) atoms. The Bertz CT molecular complexity index is 1390. The largest absolute Gasteiger partial charge is 0.413 e. The molecule has 146 valence electrons. The lowest BCUT2D eigenvalue weighted by molar-refractivity contribution is 0.163. The van der Waals surface area contributed by atoms with Gasteiger partial charge in [0, 0.05) is 21.0 Å². The molecule has 2 aromatic carbocycles. The van der Waals surface area contributed by atoms with Crippen LogP contribution in [0, 0.1) is 0 Å². The second-order valence-electron chi connectivity index (χ2n) is 7.04. The summed E-state index contributed by atoms with van der Waals surface area (Å²) in [7, 11) is 1.54. The number of nitrogens with zero attached hydrogens (tertiary/aromatic N) is 1. The van der Waals surface area contributed by atoms with Crippen molar-refractivity contribution >= 4 is 26.7 Å². The minimum absolute atomic E-state index is 0.173. The minimum atomic E-state index is -0.173. The first kappa shape index (κ1) is 18.6. The van der Waals surface area contributed by atoms with E-state index in [0.29, 0.717) is 5.39 Å². The number of hydrogen-bond donors (Lipinski definition) is 0. The van der Waals surface area contributed by atoms with E-state index >= 15 is 0 Å². The topological polar surface area (TPSA) is 31.2 Å². The van der Waals surface area contributed by atoms with E-state index < -0.39 is 0 Å². The number of fused-ring (bicyclic) bond motifs is 3. The first-order chi connectivity index (χ1) is 14.7. The number of aromatic nitrogens is 1. The van der Waals surface area contributed by atoms with E-state index in [1.807, 2.05) is 78.9 Å². The van der Waals surface area contributed by atoms with Gasteiger partial charge in [-0.05, 0) is 32.6 Å². The van der Waals surface area contributed by atoms with Gasteiger partial charge in [-0.3, -0.25) is 4.79 Å². The Morgan fingerprint density at radius 3 is 1.83 bits per heavy atom. The third-order valence-corrected chi connectivity index (χ3v) is 6.22. The summed E-state index contributed by atoms with van der Waals surface area (Å²) in [5.74, 6) is 0. The molecule has 0 N–H and O–H groups in total. The summed E-state index contributed by atoms with van der Waals surface area (Å²) in [6, 6.07) is 30.0. The standard InChI is InChI=1S/C26H18BrNO2/c1-30-28-25(18-13-7-3-8-14-18)21(17-11-5-2-6-12-17)23-22(26(28)29)19-15-9-4-10-16-20(19)24(23)27/h2-16H,1H3. The van der Waals surface area contributed by atoms with E-state index in [4.69, 9.17) is 4.84 Å². The Hall–Kier alpha value is -3.37. The van der Waals surface area contributed by atoms with Gasteiger partial charge in [-0.15, -0.1) is 4.73 Å². The van der Waals surface area contributed by atoms with Gasteiger partial charge in [0.1, 0.15) is 7.11 Å². The lowest BCUT2D eigenvalue weighted by atomic mass is 9.95. The second-order valence-corrected chi connectivity index (χ2v) is 7.83. The first-order valence-corrected chi connectivity index (χ1v) is 10.5. The lowest BCUT2D eigenvalue weighted by Gasteiger charge is -2.18. The molecule has 1 aromatic heterocycles. The van der Waals surface area contributed by atoms with Crippen molar-refractivity contribution in [3.63, 3.8) is 0 Å². The van der Waals surface area contributed by atoms with Crippen molar-refractivity contribution in [3.8, 4) is 33.5 Å². The van der Waals surface area contributed by atoms with Crippen LogP contribution < -0.4 is 10.4 Å². The number of hydrogen-bond acceptors (Lipinski definition) is 2. The van der Waals surface area contributed by atoms with E-state index in [2.05, 4.69) is 28.1 Å². The van der Waals surface area contributed by atoms with Crippen LogP contribution in [-0.2, 0) is 0 Å². The fourth-order valence-electron chi connectivity index (χ4n) is 4.13. The molecule has 0 amide bonds. The number of halogens is 1. The van der Waals surface area contributed by atoms with E-state index in [1.165, 1.54) is 11.8 Å². The maximum atomic E-state index is 13.7. The number of benzene rings is 2. The molecule has 0 fully saturated rings. The summed E-state index contributed by atoms with van der Waals surface area (Å²) < 4.78 is 2.33. The van der Waals surface area contributed by atoms with Gasteiger partial charge in [-0.25, -0.2) is 0 Å². The summed E-state index contributed by atoms with van der Waals surface area (Å²) in [6.07, 6.45) is 0. The Kier molecular flexibility index (Phi) is 4.64. The number of pyridine rings is 1. The monoisotopic (exact) mass is 455 g/mol. The van der Waals surface area contributed by atoms with Gasteiger partial charge in [-0.1, -0.05) is 91.0 Å². The molecular weight excluding hydrogens is 438 g/mol. The normalized spacial score (nSPS) is 11.1. The average Bonchev–Trinajstić information content (AvgIpc) is 2.94. The zero-order valence-electron chi connectivity index (χ0n) is 16.3. The van der Waals surface area contributed by atoms with Crippen LogP contribution in [0.25, 0.3) is 44.3 Å². The number of rotatable bonds is 3. The fourth-order valence-corrected chi connectivity index (χ4v) is 4.88. The minimum Gasteiger partial charge on any atom is -0.413 e. The molecule has 0 atom stereocenters. The third-order valence-electron chi connectivity index (χ3n) is 5.39. The lowest BCUT2D eigenvalue weighted by Crippen LogP contribution is -2.27. The highest BCUT2D eigenvalue weighted by Gasteiger charge is 2.27. The highest BCUT2D eigenvalue weighted by atomic mass is 79.9. The van der Waals surface area contributed by atoms with E-state index in [0.717, 1.165) is 43.4 Å². The molecule has 5 rings (SSSR count). The molecule has 0 aliphatic heterocycles. The van der Waals surface area contributed by atoms with Crippen LogP contribution in [0.3, 0.4) is 0 Å². The van der Waals surface area contributed by atoms with Gasteiger partial charge < -0.3 is 4.84 Å². The van der Waals surface area contributed by atoms with Crippen LogP contribution in [0.15, 0.2) is 100 Å². The van der Waals surface area contributed by atoms with Crippen LogP contribution >= 0.6 is 15.9 Å². The Morgan fingerprint density at radius 2 is 1.23 bits per heavy atom. The molecule has 2 aliphatic rings. The van der Waals surface area contributed by atoms with Gasteiger partial charge >= 0.3 is 0 Å². The smallest absolute Gasteiger partial charge is 0.292 e. The van der Waals surface area contributed by atoms with Gasteiger partial charge in [-0.2, -0.15) is 0 Å². The molecule has 0 saturated carbocycles. The maximum absolute atomic E-state index is 13.7. The van der Waals surface area contributed by atoms with Crippen molar-refractivity contribution in [2.75, 3.05) is 7.11 Å². The molecule has 3 nitrogen and oxygen atoms in total. The predicted molar refractivity (Wildman–Crippen MR) is 126 cm³/mol. The van der Waals surface area contributed by atoms with Gasteiger partial charge in [0.15, 0.2) is 0 Å². The summed E-state index contributed by atoms with van der Waals surface area (Å²) in [5.41, 5.74) is 5.36. The van der Waals surface area contributed by atoms with Crippen molar-refractivity contribution in [2.24, 2.45) is 0 Å². The Morgan fingerprint density at radius 1 is 0.700 bits per heavy atom. The molecule has 0 bridgehead atoms. The summed E-state index contributed by atoms with van der Waals surface area (Å²) >= 11 is 3.82. The highest BCUT2D eigenvalue weighted by molar-refractivity contribution is 9.10. The molecule has 3 aromatic rings.